The zero-order chi connectivity index (χ0) is 16.1. The van der Waals surface area contributed by atoms with Crippen LogP contribution >= 0.6 is 0 Å². The molecule has 0 atom stereocenters. The summed E-state index contributed by atoms with van der Waals surface area (Å²) in [5.41, 5.74) is 1.16. The first kappa shape index (κ1) is 16.0. The van der Waals surface area contributed by atoms with Crippen LogP contribution in [-0.2, 0) is 0 Å². The van der Waals surface area contributed by atoms with E-state index < -0.39 is 0 Å². The number of hydrogen-bond acceptors (Lipinski definition) is 6. The van der Waals surface area contributed by atoms with Crippen molar-refractivity contribution >= 4 is 11.6 Å². The van der Waals surface area contributed by atoms with Gasteiger partial charge < -0.3 is 15.0 Å². The first-order chi connectivity index (χ1) is 10.5. The van der Waals surface area contributed by atoms with Crippen LogP contribution in [0, 0.1) is 0 Å². The predicted molar refractivity (Wildman–Crippen MR) is 85.0 cm³/mol. The first-order valence-electron chi connectivity index (χ1n) is 7.02. The van der Waals surface area contributed by atoms with Crippen LogP contribution in [0.1, 0.15) is 17.4 Å². The van der Waals surface area contributed by atoms with Crippen molar-refractivity contribution in [2.24, 2.45) is 0 Å². The van der Waals surface area contributed by atoms with Crippen molar-refractivity contribution in [3.05, 3.63) is 30.0 Å². The van der Waals surface area contributed by atoms with Crippen molar-refractivity contribution in [3.8, 4) is 11.4 Å². The van der Waals surface area contributed by atoms with E-state index in [1.165, 1.54) is 6.92 Å². The highest BCUT2D eigenvalue weighted by Crippen LogP contribution is 2.20. The Kier molecular flexibility index (Phi) is 5.11. The molecule has 0 fully saturated rings. The molecule has 1 N–H and O–H groups in total. The molecule has 0 saturated carbocycles. The lowest BCUT2D eigenvalue weighted by Gasteiger charge is -2.13. The van der Waals surface area contributed by atoms with Crippen LogP contribution in [-0.4, -0.2) is 60.0 Å². The van der Waals surface area contributed by atoms with Gasteiger partial charge in [0.25, 0.3) is 0 Å². The molecule has 0 radical (unpaired) electrons. The van der Waals surface area contributed by atoms with Gasteiger partial charge in [0, 0.05) is 20.0 Å². The first-order valence-corrected chi connectivity index (χ1v) is 7.02. The van der Waals surface area contributed by atoms with Gasteiger partial charge in [0.1, 0.15) is 5.75 Å². The molecule has 118 valence electrons. The number of Topliss-reactive ketones (excluding diaryl/α,β-unsaturated/α-hetero) is 1. The van der Waals surface area contributed by atoms with Gasteiger partial charge in [-0.15, -0.1) is 5.10 Å². The predicted octanol–water partition coefficient (Wildman–Crippen LogP) is 1.45. The smallest absolute Gasteiger partial charge is 0.183 e. The van der Waals surface area contributed by atoms with Crippen molar-refractivity contribution in [2.75, 3.05) is 39.6 Å². The molecule has 7 heteroatoms. The number of likely N-dealkylation sites (N-methyl/N-ethyl adjacent to an activating group) is 1. The molecule has 22 heavy (non-hydrogen) atoms. The molecule has 1 heterocycles. The SMILES string of the molecule is COc1ccc(-n2nnc(C(C)=O)c2NCCN(C)C)cc1. The largest absolute Gasteiger partial charge is 0.497 e. The number of ketones is 1. The lowest BCUT2D eigenvalue weighted by Crippen LogP contribution is -2.22. The monoisotopic (exact) mass is 303 g/mol. The molecular formula is C15H21N5O2. The van der Waals surface area contributed by atoms with Crippen molar-refractivity contribution in [1.82, 2.24) is 19.9 Å². The van der Waals surface area contributed by atoms with Gasteiger partial charge in [-0.05, 0) is 38.4 Å². The summed E-state index contributed by atoms with van der Waals surface area (Å²) in [5.74, 6) is 1.25. The van der Waals surface area contributed by atoms with Crippen molar-refractivity contribution in [3.63, 3.8) is 0 Å². The number of rotatable bonds is 7. The third-order valence-corrected chi connectivity index (χ3v) is 3.17. The number of nitrogens with zero attached hydrogens (tertiary/aromatic N) is 4. The fourth-order valence-electron chi connectivity index (χ4n) is 1.98. The quantitative estimate of drug-likeness (QED) is 0.781. The van der Waals surface area contributed by atoms with Gasteiger partial charge in [-0.2, -0.15) is 4.68 Å². The summed E-state index contributed by atoms with van der Waals surface area (Å²) in [6.45, 7) is 3.02. The number of carbonyl (C=O) groups is 1. The molecule has 2 aromatic rings. The van der Waals surface area contributed by atoms with Gasteiger partial charge in [-0.3, -0.25) is 4.79 Å². The minimum atomic E-state index is -0.118. The molecule has 0 unspecified atom stereocenters. The lowest BCUT2D eigenvalue weighted by molar-refractivity contribution is 0.101. The summed E-state index contributed by atoms with van der Waals surface area (Å²) in [4.78, 5) is 13.8. The van der Waals surface area contributed by atoms with Crippen LogP contribution < -0.4 is 10.1 Å². The molecule has 0 saturated heterocycles. The van der Waals surface area contributed by atoms with Crippen molar-refractivity contribution in [1.29, 1.82) is 0 Å². The normalized spacial score (nSPS) is 10.8. The topological polar surface area (TPSA) is 72.3 Å². The number of carbonyl (C=O) groups excluding carboxylic acids is 1. The Labute approximate surface area is 129 Å². The Hall–Kier alpha value is -2.41. The molecule has 0 aliphatic heterocycles. The minimum Gasteiger partial charge on any atom is -0.497 e. The summed E-state index contributed by atoms with van der Waals surface area (Å²) in [5, 5.41) is 11.3. The number of nitrogens with one attached hydrogen (secondary N) is 1. The van der Waals surface area contributed by atoms with Crippen molar-refractivity contribution < 1.29 is 9.53 Å². The van der Waals surface area contributed by atoms with Gasteiger partial charge in [0.05, 0.1) is 12.8 Å². The number of aromatic nitrogens is 3. The molecule has 2 rings (SSSR count). The second-order valence-electron chi connectivity index (χ2n) is 5.18. The average Bonchev–Trinajstić information content (AvgIpc) is 2.91. The molecule has 0 aliphatic carbocycles. The molecule has 0 amide bonds. The Balaban J connectivity index is 2.31. The number of benzene rings is 1. The molecule has 0 bridgehead atoms. The molecule has 0 aliphatic rings. The number of hydrogen-bond donors (Lipinski definition) is 1. The van der Waals surface area contributed by atoms with E-state index in [0.29, 0.717) is 18.1 Å². The fraction of sp³-hybridized carbons (Fsp3) is 0.400. The standard InChI is InChI=1S/C15H21N5O2/c1-11(21)14-15(16-9-10-19(2)3)20(18-17-14)12-5-7-13(22-4)8-6-12/h5-8,16H,9-10H2,1-4H3. The van der Waals surface area contributed by atoms with Crippen LogP contribution in [0.5, 0.6) is 5.75 Å². The van der Waals surface area contributed by atoms with Crippen molar-refractivity contribution in [2.45, 2.75) is 6.92 Å². The summed E-state index contributed by atoms with van der Waals surface area (Å²) >= 11 is 0. The highest BCUT2D eigenvalue weighted by molar-refractivity contribution is 5.96. The van der Waals surface area contributed by atoms with E-state index in [1.54, 1.807) is 11.8 Å². The van der Waals surface area contributed by atoms with Crippen LogP contribution in [0.4, 0.5) is 5.82 Å². The lowest BCUT2D eigenvalue weighted by atomic mass is 10.3. The zero-order valence-electron chi connectivity index (χ0n) is 13.3. The molecule has 7 nitrogen and oxygen atoms in total. The molecule has 0 spiro atoms. The van der Waals surface area contributed by atoms with Gasteiger partial charge in [0.15, 0.2) is 17.3 Å². The third kappa shape index (κ3) is 3.62. The van der Waals surface area contributed by atoms with Crippen LogP contribution in [0.3, 0.4) is 0 Å². The Bertz CT molecular complexity index is 634. The van der Waals surface area contributed by atoms with Gasteiger partial charge in [0.2, 0.25) is 0 Å². The Morgan fingerprint density at radius 2 is 2.00 bits per heavy atom. The van der Waals surface area contributed by atoms with Gasteiger partial charge >= 0.3 is 0 Å². The van der Waals surface area contributed by atoms with E-state index >= 15 is 0 Å². The Morgan fingerprint density at radius 1 is 1.32 bits per heavy atom. The summed E-state index contributed by atoms with van der Waals surface area (Å²) in [6.07, 6.45) is 0. The van der Waals surface area contributed by atoms with E-state index in [-0.39, 0.29) is 5.78 Å². The van der Waals surface area contributed by atoms with E-state index in [1.807, 2.05) is 38.4 Å². The van der Waals surface area contributed by atoms with E-state index in [4.69, 9.17) is 4.74 Å². The number of anilines is 1. The van der Waals surface area contributed by atoms with E-state index in [9.17, 15) is 4.79 Å². The van der Waals surface area contributed by atoms with Gasteiger partial charge in [-0.1, -0.05) is 5.21 Å². The van der Waals surface area contributed by atoms with Crippen LogP contribution in [0.15, 0.2) is 24.3 Å². The zero-order valence-corrected chi connectivity index (χ0v) is 13.3. The second-order valence-corrected chi connectivity index (χ2v) is 5.18. The highest BCUT2D eigenvalue weighted by Gasteiger charge is 2.17. The Morgan fingerprint density at radius 3 is 2.55 bits per heavy atom. The van der Waals surface area contributed by atoms with Crippen LogP contribution in [0.25, 0.3) is 5.69 Å². The second kappa shape index (κ2) is 7.04. The molecular weight excluding hydrogens is 282 g/mol. The minimum absolute atomic E-state index is 0.118. The average molecular weight is 303 g/mol. The summed E-state index contributed by atoms with van der Waals surface area (Å²) in [7, 11) is 5.60. The van der Waals surface area contributed by atoms with Crippen LogP contribution in [0.2, 0.25) is 0 Å². The van der Waals surface area contributed by atoms with E-state index in [0.717, 1.165) is 18.0 Å². The highest BCUT2D eigenvalue weighted by atomic mass is 16.5. The molecule has 1 aromatic carbocycles. The summed E-state index contributed by atoms with van der Waals surface area (Å²) in [6, 6.07) is 7.42. The number of ether oxygens (including phenoxy) is 1. The summed E-state index contributed by atoms with van der Waals surface area (Å²) < 4.78 is 6.78. The molecule has 1 aromatic heterocycles. The van der Waals surface area contributed by atoms with Gasteiger partial charge in [-0.25, -0.2) is 0 Å². The maximum absolute atomic E-state index is 11.7. The third-order valence-electron chi connectivity index (χ3n) is 3.17. The fourth-order valence-corrected chi connectivity index (χ4v) is 1.98. The number of methoxy groups -OCH3 is 1. The maximum Gasteiger partial charge on any atom is 0.183 e. The van der Waals surface area contributed by atoms with E-state index in [2.05, 4.69) is 20.5 Å². The maximum atomic E-state index is 11.7.